The number of hydrogen-bond acceptors (Lipinski definition) is 4. The highest BCUT2D eigenvalue weighted by Crippen LogP contribution is 2.39. The standard InChI is InChI=1S/C13H22N4O/c1-10-7-17(6-5-15-10)8-12(18)16-13(2,9-14)11-3-4-11/h10-11,15H,3-8H2,1-2H3,(H,16,18). The van der Waals surface area contributed by atoms with E-state index < -0.39 is 5.54 Å². The van der Waals surface area contributed by atoms with Crippen molar-refractivity contribution in [1.29, 1.82) is 5.26 Å². The van der Waals surface area contributed by atoms with Crippen LogP contribution in [0.2, 0.25) is 0 Å². The molecule has 0 bridgehead atoms. The van der Waals surface area contributed by atoms with Crippen LogP contribution in [-0.4, -0.2) is 48.6 Å². The number of nitriles is 1. The maximum atomic E-state index is 12.0. The lowest BCUT2D eigenvalue weighted by Crippen LogP contribution is -2.54. The highest BCUT2D eigenvalue weighted by Gasteiger charge is 2.43. The smallest absolute Gasteiger partial charge is 0.235 e. The van der Waals surface area contributed by atoms with Crippen LogP contribution < -0.4 is 10.6 Å². The van der Waals surface area contributed by atoms with Crippen LogP contribution >= 0.6 is 0 Å². The molecule has 2 unspecified atom stereocenters. The quantitative estimate of drug-likeness (QED) is 0.742. The SMILES string of the molecule is CC1CN(CC(=O)NC(C)(C#N)C2CC2)CCN1. The first kappa shape index (κ1) is 13.3. The summed E-state index contributed by atoms with van der Waals surface area (Å²) < 4.78 is 0. The molecule has 5 nitrogen and oxygen atoms in total. The highest BCUT2D eigenvalue weighted by atomic mass is 16.2. The van der Waals surface area contributed by atoms with Crippen molar-refractivity contribution in [3.63, 3.8) is 0 Å². The van der Waals surface area contributed by atoms with Gasteiger partial charge in [-0.05, 0) is 32.6 Å². The van der Waals surface area contributed by atoms with Crippen molar-refractivity contribution in [3.8, 4) is 6.07 Å². The monoisotopic (exact) mass is 250 g/mol. The molecule has 0 radical (unpaired) electrons. The second kappa shape index (κ2) is 5.25. The molecular weight excluding hydrogens is 228 g/mol. The van der Waals surface area contributed by atoms with Crippen molar-refractivity contribution in [3.05, 3.63) is 0 Å². The normalized spacial score (nSPS) is 28.2. The zero-order chi connectivity index (χ0) is 13.2. The van der Waals surface area contributed by atoms with E-state index in [4.69, 9.17) is 0 Å². The molecule has 1 aliphatic heterocycles. The van der Waals surface area contributed by atoms with E-state index in [-0.39, 0.29) is 5.91 Å². The van der Waals surface area contributed by atoms with E-state index in [1.807, 2.05) is 6.92 Å². The lowest BCUT2D eigenvalue weighted by molar-refractivity contribution is -0.123. The van der Waals surface area contributed by atoms with Crippen molar-refractivity contribution in [2.75, 3.05) is 26.2 Å². The largest absolute Gasteiger partial charge is 0.337 e. The summed E-state index contributed by atoms with van der Waals surface area (Å²) in [4.78, 5) is 14.1. The van der Waals surface area contributed by atoms with Gasteiger partial charge in [0.1, 0.15) is 5.54 Å². The summed E-state index contributed by atoms with van der Waals surface area (Å²) in [6.07, 6.45) is 2.10. The minimum Gasteiger partial charge on any atom is -0.337 e. The Hall–Kier alpha value is -1.12. The Morgan fingerprint density at radius 1 is 1.61 bits per heavy atom. The molecule has 0 aromatic carbocycles. The first-order valence-electron chi connectivity index (χ1n) is 6.71. The van der Waals surface area contributed by atoms with Gasteiger partial charge in [-0.2, -0.15) is 5.26 Å². The number of carbonyl (C=O) groups is 1. The molecule has 2 N–H and O–H groups in total. The molecule has 2 atom stereocenters. The fraction of sp³-hybridized carbons (Fsp3) is 0.846. The van der Waals surface area contributed by atoms with Crippen molar-refractivity contribution < 1.29 is 4.79 Å². The summed E-state index contributed by atoms with van der Waals surface area (Å²) in [7, 11) is 0. The number of amides is 1. The molecule has 1 heterocycles. The van der Waals surface area contributed by atoms with Gasteiger partial charge in [0.2, 0.25) is 5.91 Å². The second-order valence-corrected chi connectivity index (χ2v) is 5.73. The van der Waals surface area contributed by atoms with Gasteiger partial charge >= 0.3 is 0 Å². The lowest BCUT2D eigenvalue weighted by Gasteiger charge is -2.32. The molecule has 5 heteroatoms. The fourth-order valence-electron chi connectivity index (χ4n) is 2.57. The first-order valence-corrected chi connectivity index (χ1v) is 6.71. The van der Waals surface area contributed by atoms with E-state index in [1.165, 1.54) is 0 Å². The molecule has 1 saturated carbocycles. The van der Waals surface area contributed by atoms with Crippen LogP contribution in [-0.2, 0) is 4.79 Å². The number of rotatable bonds is 4. The Bertz CT molecular complexity index is 360. The molecule has 0 spiro atoms. The zero-order valence-electron chi connectivity index (χ0n) is 11.2. The molecule has 2 rings (SSSR count). The van der Waals surface area contributed by atoms with Gasteiger partial charge in [-0.25, -0.2) is 0 Å². The van der Waals surface area contributed by atoms with Gasteiger partial charge in [0.05, 0.1) is 12.6 Å². The molecule has 2 aliphatic rings. The first-order chi connectivity index (χ1) is 8.53. The van der Waals surface area contributed by atoms with Gasteiger partial charge in [-0.1, -0.05) is 0 Å². The third kappa shape index (κ3) is 3.21. The Kier molecular flexibility index (Phi) is 3.88. The molecule has 0 aromatic rings. The van der Waals surface area contributed by atoms with E-state index in [2.05, 4.69) is 28.5 Å². The highest BCUT2D eigenvalue weighted by molar-refractivity contribution is 5.79. The van der Waals surface area contributed by atoms with Crippen LogP contribution in [0.25, 0.3) is 0 Å². The van der Waals surface area contributed by atoms with E-state index >= 15 is 0 Å². The third-order valence-electron chi connectivity index (χ3n) is 3.85. The van der Waals surface area contributed by atoms with Crippen LogP contribution in [0.5, 0.6) is 0 Å². The summed E-state index contributed by atoms with van der Waals surface area (Å²) in [6.45, 7) is 7.06. The fourth-order valence-corrected chi connectivity index (χ4v) is 2.57. The molecule has 0 aromatic heterocycles. The Balaban J connectivity index is 1.83. The zero-order valence-corrected chi connectivity index (χ0v) is 11.2. The topological polar surface area (TPSA) is 68.2 Å². The van der Waals surface area contributed by atoms with Crippen LogP contribution in [0.1, 0.15) is 26.7 Å². The second-order valence-electron chi connectivity index (χ2n) is 5.73. The lowest BCUT2D eigenvalue weighted by atomic mass is 9.98. The van der Waals surface area contributed by atoms with E-state index in [9.17, 15) is 10.1 Å². The average Bonchev–Trinajstić information content (AvgIpc) is 3.12. The summed E-state index contributed by atoms with van der Waals surface area (Å²) >= 11 is 0. The van der Waals surface area contributed by atoms with Gasteiger partial charge in [0, 0.05) is 25.7 Å². The minimum atomic E-state index is -0.670. The Morgan fingerprint density at radius 3 is 2.89 bits per heavy atom. The van der Waals surface area contributed by atoms with E-state index in [0.717, 1.165) is 32.5 Å². The average molecular weight is 250 g/mol. The van der Waals surface area contributed by atoms with E-state index in [0.29, 0.717) is 18.5 Å². The molecular formula is C13H22N4O. The van der Waals surface area contributed by atoms with Crippen molar-refractivity contribution >= 4 is 5.91 Å². The number of nitrogens with zero attached hydrogens (tertiary/aromatic N) is 2. The predicted octanol–water partition coefficient (Wildman–Crippen LogP) is 0.0886. The Labute approximate surface area is 109 Å². The van der Waals surface area contributed by atoms with Crippen molar-refractivity contribution in [1.82, 2.24) is 15.5 Å². The summed E-state index contributed by atoms with van der Waals surface area (Å²) in [5.74, 6) is 0.313. The predicted molar refractivity (Wildman–Crippen MR) is 68.8 cm³/mol. The maximum absolute atomic E-state index is 12.0. The van der Waals surface area contributed by atoms with Crippen molar-refractivity contribution in [2.45, 2.75) is 38.3 Å². The molecule has 1 aliphatic carbocycles. The summed E-state index contributed by atoms with van der Waals surface area (Å²) in [5, 5.41) is 15.5. The minimum absolute atomic E-state index is 0.0277. The molecule has 18 heavy (non-hydrogen) atoms. The number of hydrogen-bond donors (Lipinski definition) is 2. The molecule has 1 saturated heterocycles. The summed E-state index contributed by atoms with van der Waals surface area (Å²) in [6, 6.07) is 2.68. The molecule has 2 fully saturated rings. The van der Waals surface area contributed by atoms with Crippen LogP contribution in [0.3, 0.4) is 0 Å². The van der Waals surface area contributed by atoms with Gasteiger partial charge in [0.25, 0.3) is 0 Å². The molecule has 1 amide bonds. The van der Waals surface area contributed by atoms with Crippen molar-refractivity contribution in [2.24, 2.45) is 5.92 Å². The van der Waals surface area contributed by atoms with Gasteiger partial charge in [-0.15, -0.1) is 0 Å². The number of carbonyl (C=O) groups excluding carboxylic acids is 1. The van der Waals surface area contributed by atoms with Gasteiger partial charge < -0.3 is 10.6 Å². The number of nitrogens with one attached hydrogen (secondary N) is 2. The van der Waals surface area contributed by atoms with Crippen LogP contribution in [0, 0.1) is 17.2 Å². The van der Waals surface area contributed by atoms with E-state index in [1.54, 1.807) is 0 Å². The van der Waals surface area contributed by atoms with Gasteiger partial charge in [-0.3, -0.25) is 9.69 Å². The summed E-state index contributed by atoms with van der Waals surface area (Å²) in [5.41, 5.74) is -0.670. The van der Waals surface area contributed by atoms with Crippen LogP contribution in [0.15, 0.2) is 0 Å². The molecule has 100 valence electrons. The third-order valence-corrected chi connectivity index (χ3v) is 3.85. The number of piperazine rings is 1. The Morgan fingerprint density at radius 2 is 2.33 bits per heavy atom. The van der Waals surface area contributed by atoms with Gasteiger partial charge in [0.15, 0.2) is 0 Å². The maximum Gasteiger partial charge on any atom is 0.235 e. The van der Waals surface area contributed by atoms with Crippen LogP contribution in [0.4, 0.5) is 0 Å².